The fourth-order valence-electron chi connectivity index (χ4n) is 3.64. The van der Waals surface area contributed by atoms with Crippen molar-refractivity contribution in [2.45, 2.75) is 124 Å². The SMILES string of the molecule is CCCCCCCCCCCCCCCCCC(=O)NCCN(CC)CC.O=C(O)O. The summed E-state index contributed by atoms with van der Waals surface area (Å²) in [5.41, 5.74) is 0. The highest BCUT2D eigenvalue weighted by Gasteiger charge is 2.03. The number of unbranched alkanes of at least 4 members (excludes halogenated alkanes) is 14. The molecule has 0 spiro atoms. The second-order valence-electron chi connectivity index (χ2n) is 8.36. The number of carboxylic acid groups (broad SMARTS) is 2. The summed E-state index contributed by atoms with van der Waals surface area (Å²) in [4.78, 5) is 22.7. The van der Waals surface area contributed by atoms with Crippen molar-refractivity contribution in [3.05, 3.63) is 0 Å². The Labute approximate surface area is 192 Å². The zero-order valence-corrected chi connectivity index (χ0v) is 20.8. The molecule has 0 aliphatic carbocycles. The van der Waals surface area contributed by atoms with Gasteiger partial charge in [0.15, 0.2) is 0 Å². The summed E-state index contributed by atoms with van der Waals surface area (Å²) in [7, 11) is 0. The van der Waals surface area contributed by atoms with Crippen LogP contribution in [0.3, 0.4) is 0 Å². The molecule has 0 saturated heterocycles. The molecular formula is C25H52N2O4. The average molecular weight is 445 g/mol. The number of rotatable bonds is 21. The Balaban J connectivity index is 0. The first-order valence-corrected chi connectivity index (χ1v) is 12.9. The molecule has 0 aromatic heterocycles. The number of nitrogens with one attached hydrogen (secondary N) is 1. The van der Waals surface area contributed by atoms with Crippen LogP contribution in [0.15, 0.2) is 0 Å². The Morgan fingerprint density at radius 3 is 1.35 bits per heavy atom. The van der Waals surface area contributed by atoms with Crippen molar-refractivity contribution >= 4 is 12.1 Å². The topological polar surface area (TPSA) is 89.9 Å². The molecule has 3 N–H and O–H groups in total. The lowest BCUT2D eigenvalue weighted by molar-refractivity contribution is -0.121. The molecule has 186 valence electrons. The maximum absolute atomic E-state index is 11.8. The zero-order chi connectivity index (χ0) is 23.6. The van der Waals surface area contributed by atoms with Gasteiger partial charge >= 0.3 is 6.16 Å². The van der Waals surface area contributed by atoms with E-state index in [0.29, 0.717) is 6.42 Å². The summed E-state index contributed by atoms with van der Waals surface area (Å²) in [6.07, 6.45) is 19.4. The molecule has 0 bridgehead atoms. The first kappa shape index (κ1) is 31.9. The third-order valence-electron chi connectivity index (χ3n) is 5.65. The van der Waals surface area contributed by atoms with E-state index in [1.54, 1.807) is 0 Å². The van der Waals surface area contributed by atoms with E-state index in [0.717, 1.165) is 32.6 Å². The highest BCUT2D eigenvalue weighted by Crippen LogP contribution is 2.13. The number of nitrogens with zero attached hydrogens (tertiary/aromatic N) is 1. The van der Waals surface area contributed by atoms with Crippen LogP contribution in [0.5, 0.6) is 0 Å². The van der Waals surface area contributed by atoms with E-state index in [-0.39, 0.29) is 5.91 Å². The molecule has 0 radical (unpaired) electrons. The maximum Gasteiger partial charge on any atom is 0.503 e. The van der Waals surface area contributed by atoms with Gasteiger partial charge in [-0.1, -0.05) is 111 Å². The van der Waals surface area contributed by atoms with Crippen molar-refractivity contribution in [1.29, 1.82) is 0 Å². The Morgan fingerprint density at radius 2 is 1.00 bits per heavy atom. The van der Waals surface area contributed by atoms with E-state index in [1.807, 2.05) is 0 Å². The quantitative estimate of drug-likeness (QED) is 0.167. The number of likely N-dealkylation sites (N-methyl/N-ethyl adjacent to an activating group) is 1. The fraction of sp³-hybridized carbons (Fsp3) is 0.920. The van der Waals surface area contributed by atoms with Crippen LogP contribution >= 0.6 is 0 Å². The van der Waals surface area contributed by atoms with Crippen LogP contribution in [0.4, 0.5) is 4.79 Å². The minimum atomic E-state index is -1.83. The fourth-order valence-corrected chi connectivity index (χ4v) is 3.64. The molecule has 0 fully saturated rings. The summed E-state index contributed by atoms with van der Waals surface area (Å²) in [5, 5.41) is 17.0. The summed E-state index contributed by atoms with van der Waals surface area (Å²) in [6.45, 7) is 10.5. The van der Waals surface area contributed by atoms with Gasteiger partial charge in [-0.3, -0.25) is 4.79 Å². The number of amides is 1. The average Bonchev–Trinajstić information content (AvgIpc) is 2.73. The monoisotopic (exact) mass is 444 g/mol. The van der Waals surface area contributed by atoms with Crippen LogP contribution in [0.2, 0.25) is 0 Å². The van der Waals surface area contributed by atoms with Crippen LogP contribution in [0.25, 0.3) is 0 Å². The summed E-state index contributed by atoms with van der Waals surface area (Å²) < 4.78 is 0. The van der Waals surface area contributed by atoms with Crippen molar-refractivity contribution in [3.63, 3.8) is 0 Å². The number of carbonyl (C=O) groups is 2. The standard InChI is InChI=1S/C24H50N2O.CH2O3/c1-4-7-8-9-10-11-12-13-14-15-16-17-18-19-20-21-24(27)25-22-23-26(5-2)6-3;2-1(3)4/h4-23H2,1-3H3,(H,25,27);(H2,2,3,4). The van der Waals surface area contributed by atoms with Gasteiger partial charge in [0, 0.05) is 19.5 Å². The smallest absolute Gasteiger partial charge is 0.450 e. The predicted molar refractivity (Wildman–Crippen MR) is 131 cm³/mol. The molecule has 0 aliphatic heterocycles. The third kappa shape index (κ3) is 31.0. The van der Waals surface area contributed by atoms with Crippen molar-refractivity contribution in [2.75, 3.05) is 26.2 Å². The van der Waals surface area contributed by atoms with Crippen molar-refractivity contribution < 1.29 is 19.8 Å². The summed E-state index contributed by atoms with van der Waals surface area (Å²) in [5.74, 6) is 0.233. The molecule has 0 atom stereocenters. The van der Waals surface area contributed by atoms with Crippen LogP contribution in [0.1, 0.15) is 124 Å². The molecule has 0 saturated carbocycles. The van der Waals surface area contributed by atoms with Crippen LogP contribution in [-0.2, 0) is 4.79 Å². The van der Waals surface area contributed by atoms with Gasteiger partial charge in [-0.25, -0.2) is 4.79 Å². The van der Waals surface area contributed by atoms with E-state index in [4.69, 9.17) is 15.0 Å². The molecule has 1 amide bonds. The molecule has 0 rings (SSSR count). The minimum absolute atomic E-state index is 0.233. The van der Waals surface area contributed by atoms with E-state index >= 15 is 0 Å². The molecule has 0 aromatic rings. The minimum Gasteiger partial charge on any atom is -0.450 e. The zero-order valence-electron chi connectivity index (χ0n) is 20.8. The van der Waals surface area contributed by atoms with Crippen LogP contribution in [-0.4, -0.2) is 53.4 Å². The van der Waals surface area contributed by atoms with Gasteiger partial charge in [-0.2, -0.15) is 0 Å². The largest absolute Gasteiger partial charge is 0.503 e. The molecule has 31 heavy (non-hydrogen) atoms. The summed E-state index contributed by atoms with van der Waals surface area (Å²) in [6, 6.07) is 0. The number of hydrogen-bond donors (Lipinski definition) is 3. The van der Waals surface area contributed by atoms with Crippen LogP contribution in [0, 0.1) is 0 Å². The normalized spacial score (nSPS) is 10.6. The van der Waals surface area contributed by atoms with E-state index in [1.165, 1.54) is 89.9 Å². The lowest BCUT2D eigenvalue weighted by Crippen LogP contribution is -2.34. The Morgan fingerprint density at radius 1 is 0.645 bits per heavy atom. The molecule has 0 heterocycles. The molecule has 6 nitrogen and oxygen atoms in total. The van der Waals surface area contributed by atoms with Crippen molar-refractivity contribution in [3.8, 4) is 0 Å². The van der Waals surface area contributed by atoms with Gasteiger partial charge in [0.2, 0.25) is 5.91 Å². The molecular weight excluding hydrogens is 392 g/mol. The van der Waals surface area contributed by atoms with Crippen LogP contribution < -0.4 is 5.32 Å². The molecule has 6 heteroatoms. The van der Waals surface area contributed by atoms with E-state index < -0.39 is 6.16 Å². The molecule has 0 aliphatic rings. The lowest BCUT2D eigenvalue weighted by Gasteiger charge is -2.17. The number of hydrogen-bond acceptors (Lipinski definition) is 3. The van der Waals surface area contributed by atoms with Gasteiger partial charge in [0.05, 0.1) is 0 Å². The van der Waals surface area contributed by atoms with Gasteiger partial charge < -0.3 is 20.4 Å². The van der Waals surface area contributed by atoms with Gasteiger partial charge in [0.1, 0.15) is 0 Å². The predicted octanol–water partition coefficient (Wildman–Crippen LogP) is 6.93. The first-order valence-electron chi connectivity index (χ1n) is 12.9. The van der Waals surface area contributed by atoms with Gasteiger partial charge in [-0.15, -0.1) is 0 Å². The van der Waals surface area contributed by atoms with Crippen molar-refractivity contribution in [2.24, 2.45) is 0 Å². The first-order chi connectivity index (χ1) is 15.0. The Bertz CT molecular complexity index is 384. The van der Waals surface area contributed by atoms with Gasteiger partial charge in [-0.05, 0) is 19.5 Å². The van der Waals surface area contributed by atoms with Gasteiger partial charge in [0.25, 0.3) is 0 Å². The molecule has 0 unspecified atom stereocenters. The highest BCUT2D eigenvalue weighted by molar-refractivity contribution is 5.75. The third-order valence-corrected chi connectivity index (χ3v) is 5.65. The maximum atomic E-state index is 11.8. The highest BCUT2D eigenvalue weighted by atomic mass is 16.6. The number of carbonyl (C=O) groups excluding carboxylic acids is 1. The Kier molecular flexibility index (Phi) is 27.5. The second-order valence-corrected chi connectivity index (χ2v) is 8.36. The second kappa shape index (κ2) is 26.7. The van der Waals surface area contributed by atoms with E-state index in [9.17, 15) is 4.79 Å². The molecule has 0 aromatic carbocycles. The van der Waals surface area contributed by atoms with Crippen molar-refractivity contribution in [1.82, 2.24) is 10.2 Å². The summed E-state index contributed by atoms with van der Waals surface area (Å²) >= 11 is 0. The lowest BCUT2D eigenvalue weighted by atomic mass is 10.0. The Hall–Kier alpha value is -1.30. The van der Waals surface area contributed by atoms with E-state index in [2.05, 4.69) is 31.0 Å².